The molecule has 0 unspecified atom stereocenters. The van der Waals surface area contributed by atoms with Crippen LogP contribution in [0.5, 0.6) is 5.88 Å². The molecule has 0 N–H and O–H groups in total. The van der Waals surface area contributed by atoms with Crippen LogP contribution in [0.15, 0.2) is 48.7 Å². The number of anilines is 1. The Bertz CT molecular complexity index is 1040. The van der Waals surface area contributed by atoms with Crippen LogP contribution in [-0.2, 0) is 11.3 Å². The summed E-state index contributed by atoms with van der Waals surface area (Å²) in [5, 5.41) is 4.41. The molecule has 0 radical (unpaired) electrons. The quantitative estimate of drug-likeness (QED) is 0.613. The number of carbonyl (C=O) groups excluding carboxylic acids is 1. The summed E-state index contributed by atoms with van der Waals surface area (Å²) < 4.78 is 7.25. The number of ether oxygens (including phenoxy) is 1. The van der Waals surface area contributed by atoms with Gasteiger partial charge in [0.15, 0.2) is 0 Å². The first kappa shape index (κ1) is 20.9. The Labute approximate surface area is 183 Å². The molecule has 1 aromatic carbocycles. The lowest BCUT2D eigenvalue weighted by atomic mass is 10.0. The normalized spacial score (nSPS) is 14.0. The van der Waals surface area contributed by atoms with Crippen molar-refractivity contribution in [2.45, 2.75) is 27.3 Å². The summed E-state index contributed by atoms with van der Waals surface area (Å²) in [7, 11) is 0. The van der Waals surface area contributed by atoms with Gasteiger partial charge in [0.1, 0.15) is 6.54 Å². The van der Waals surface area contributed by atoms with Gasteiger partial charge < -0.3 is 14.5 Å². The Morgan fingerprint density at radius 2 is 1.84 bits per heavy atom. The van der Waals surface area contributed by atoms with Gasteiger partial charge in [-0.25, -0.2) is 4.98 Å². The van der Waals surface area contributed by atoms with Crippen molar-refractivity contribution in [3.8, 4) is 17.0 Å². The van der Waals surface area contributed by atoms with Crippen LogP contribution >= 0.6 is 0 Å². The molecule has 0 saturated carbocycles. The smallest absolute Gasteiger partial charge is 0.244 e. The molecule has 0 atom stereocenters. The number of piperazine rings is 1. The van der Waals surface area contributed by atoms with Crippen molar-refractivity contribution in [3.63, 3.8) is 0 Å². The van der Waals surface area contributed by atoms with Crippen LogP contribution in [0.3, 0.4) is 0 Å². The third-order valence-electron chi connectivity index (χ3n) is 5.61. The lowest BCUT2D eigenvalue weighted by Crippen LogP contribution is -2.49. The van der Waals surface area contributed by atoms with Crippen molar-refractivity contribution in [1.82, 2.24) is 19.7 Å². The lowest BCUT2D eigenvalue weighted by Gasteiger charge is -2.37. The van der Waals surface area contributed by atoms with Crippen molar-refractivity contribution < 1.29 is 9.53 Å². The zero-order valence-corrected chi connectivity index (χ0v) is 18.4. The van der Waals surface area contributed by atoms with E-state index >= 15 is 0 Å². The maximum Gasteiger partial charge on any atom is 0.244 e. The highest BCUT2D eigenvalue weighted by atomic mass is 16.5. The van der Waals surface area contributed by atoms with Gasteiger partial charge >= 0.3 is 0 Å². The Morgan fingerprint density at radius 1 is 1.06 bits per heavy atom. The monoisotopic (exact) mass is 419 g/mol. The lowest BCUT2D eigenvalue weighted by molar-refractivity contribution is -0.132. The highest BCUT2D eigenvalue weighted by Crippen LogP contribution is 2.31. The number of benzene rings is 1. The highest BCUT2D eigenvalue weighted by molar-refractivity contribution is 5.79. The van der Waals surface area contributed by atoms with E-state index in [2.05, 4.69) is 33.2 Å². The van der Waals surface area contributed by atoms with Crippen LogP contribution in [0.4, 0.5) is 5.69 Å². The summed E-state index contributed by atoms with van der Waals surface area (Å²) in [5.41, 5.74) is 5.32. The number of amides is 1. The Morgan fingerprint density at radius 3 is 2.48 bits per heavy atom. The van der Waals surface area contributed by atoms with Crippen molar-refractivity contribution in [1.29, 1.82) is 0 Å². The minimum absolute atomic E-state index is 0.120. The predicted molar refractivity (Wildman–Crippen MR) is 121 cm³/mol. The maximum atomic E-state index is 12.8. The SMILES string of the molecule is CCOc1ccc(-c2ccccc2N2CCN(C(=O)Cn3nc(C)cc3C)CC2)cn1. The number of aromatic nitrogens is 3. The summed E-state index contributed by atoms with van der Waals surface area (Å²) in [6.07, 6.45) is 1.86. The van der Waals surface area contributed by atoms with E-state index in [9.17, 15) is 4.79 Å². The molecule has 0 aliphatic carbocycles. The fourth-order valence-electron chi connectivity index (χ4n) is 4.03. The number of nitrogens with zero attached hydrogens (tertiary/aromatic N) is 5. The van der Waals surface area contributed by atoms with E-state index in [4.69, 9.17) is 4.74 Å². The summed E-state index contributed by atoms with van der Waals surface area (Å²) in [6, 6.07) is 14.3. The standard InChI is InChI=1S/C24H29N5O2/c1-4-31-23-10-9-20(16-25-23)21-7-5-6-8-22(21)27-11-13-28(14-12-27)24(30)17-29-19(3)15-18(2)26-29/h5-10,15-16H,4,11-14,17H2,1-3H3. The third-order valence-corrected chi connectivity index (χ3v) is 5.61. The van der Waals surface area contributed by atoms with E-state index < -0.39 is 0 Å². The van der Waals surface area contributed by atoms with Crippen molar-refractivity contribution in [2.75, 3.05) is 37.7 Å². The van der Waals surface area contributed by atoms with Crippen LogP contribution in [0.25, 0.3) is 11.1 Å². The second-order valence-electron chi connectivity index (χ2n) is 7.79. The van der Waals surface area contributed by atoms with Gasteiger partial charge in [-0.05, 0) is 39.0 Å². The minimum Gasteiger partial charge on any atom is -0.478 e. The summed E-state index contributed by atoms with van der Waals surface area (Å²) in [4.78, 5) is 21.5. The van der Waals surface area contributed by atoms with E-state index in [-0.39, 0.29) is 5.91 Å². The highest BCUT2D eigenvalue weighted by Gasteiger charge is 2.23. The minimum atomic E-state index is 0.120. The Hall–Kier alpha value is -3.35. The Kier molecular flexibility index (Phi) is 6.21. The molecule has 0 spiro atoms. The van der Waals surface area contributed by atoms with E-state index in [1.54, 1.807) is 4.68 Å². The predicted octanol–water partition coefficient (Wildman–Crippen LogP) is 3.31. The van der Waals surface area contributed by atoms with E-state index in [1.165, 1.54) is 5.69 Å². The van der Waals surface area contributed by atoms with Crippen molar-refractivity contribution >= 4 is 11.6 Å². The van der Waals surface area contributed by atoms with Gasteiger partial charge in [-0.3, -0.25) is 9.48 Å². The molecule has 0 bridgehead atoms. The zero-order chi connectivity index (χ0) is 21.8. The number of hydrogen-bond donors (Lipinski definition) is 0. The summed E-state index contributed by atoms with van der Waals surface area (Å²) >= 11 is 0. The fourth-order valence-corrected chi connectivity index (χ4v) is 4.03. The first-order valence-electron chi connectivity index (χ1n) is 10.8. The first-order valence-corrected chi connectivity index (χ1v) is 10.8. The van der Waals surface area contributed by atoms with E-state index in [1.807, 2.05) is 56.1 Å². The number of hydrogen-bond acceptors (Lipinski definition) is 5. The fraction of sp³-hybridized carbons (Fsp3) is 0.375. The molecule has 2 aromatic heterocycles. The molecule has 7 nitrogen and oxygen atoms in total. The molecule has 1 fully saturated rings. The van der Waals surface area contributed by atoms with Gasteiger partial charge in [0.25, 0.3) is 0 Å². The number of carbonyl (C=O) groups is 1. The number of aryl methyl sites for hydroxylation is 2. The van der Waals surface area contributed by atoms with Crippen molar-refractivity contribution in [2.24, 2.45) is 0 Å². The molecule has 162 valence electrons. The van der Waals surface area contributed by atoms with Crippen LogP contribution in [0.2, 0.25) is 0 Å². The maximum absolute atomic E-state index is 12.8. The van der Waals surface area contributed by atoms with Gasteiger partial charge in [-0.1, -0.05) is 18.2 Å². The van der Waals surface area contributed by atoms with Crippen LogP contribution in [0, 0.1) is 13.8 Å². The van der Waals surface area contributed by atoms with Gasteiger partial charge in [-0.15, -0.1) is 0 Å². The molecule has 1 aliphatic rings. The molecule has 7 heteroatoms. The van der Waals surface area contributed by atoms with Gasteiger partial charge in [0, 0.05) is 61.0 Å². The molecule has 31 heavy (non-hydrogen) atoms. The van der Waals surface area contributed by atoms with Crippen LogP contribution < -0.4 is 9.64 Å². The second kappa shape index (κ2) is 9.20. The average molecular weight is 420 g/mol. The first-order chi connectivity index (χ1) is 15.0. The molecule has 1 amide bonds. The van der Waals surface area contributed by atoms with E-state index in [0.29, 0.717) is 32.1 Å². The average Bonchev–Trinajstić information content (AvgIpc) is 3.11. The molecular formula is C24H29N5O2. The molecule has 1 saturated heterocycles. The Balaban J connectivity index is 1.43. The van der Waals surface area contributed by atoms with Gasteiger partial charge in [-0.2, -0.15) is 5.10 Å². The van der Waals surface area contributed by atoms with Gasteiger partial charge in [0.05, 0.1) is 12.3 Å². The second-order valence-corrected chi connectivity index (χ2v) is 7.79. The molecule has 1 aliphatic heterocycles. The molecule has 3 heterocycles. The molecular weight excluding hydrogens is 390 g/mol. The summed E-state index contributed by atoms with van der Waals surface area (Å²) in [6.45, 7) is 9.78. The van der Waals surface area contributed by atoms with Crippen molar-refractivity contribution in [3.05, 3.63) is 60.0 Å². The zero-order valence-electron chi connectivity index (χ0n) is 18.4. The number of para-hydroxylation sites is 1. The molecule has 4 rings (SSSR count). The van der Waals surface area contributed by atoms with Gasteiger partial charge in [0.2, 0.25) is 11.8 Å². The van der Waals surface area contributed by atoms with E-state index in [0.717, 1.165) is 35.6 Å². The topological polar surface area (TPSA) is 63.5 Å². The molecule has 3 aromatic rings. The van der Waals surface area contributed by atoms with Crippen LogP contribution in [0.1, 0.15) is 18.3 Å². The number of pyridine rings is 1. The summed E-state index contributed by atoms with van der Waals surface area (Å²) in [5.74, 6) is 0.758. The largest absolute Gasteiger partial charge is 0.478 e. The number of rotatable bonds is 6. The van der Waals surface area contributed by atoms with Crippen LogP contribution in [-0.4, -0.2) is 58.4 Å². The third kappa shape index (κ3) is 4.71.